The van der Waals surface area contributed by atoms with Crippen molar-refractivity contribution in [3.63, 3.8) is 0 Å². The number of benzene rings is 1. The van der Waals surface area contributed by atoms with Gasteiger partial charge in [-0.25, -0.2) is 0 Å². The van der Waals surface area contributed by atoms with Gasteiger partial charge in [-0.15, -0.1) is 0 Å². The van der Waals surface area contributed by atoms with Crippen LogP contribution in [0.4, 0.5) is 0 Å². The van der Waals surface area contributed by atoms with Crippen LogP contribution in [0, 0.1) is 16.7 Å². The Labute approximate surface area is 185 Å². The van der Waals surface area contributed by atoms with Gasteiger partial charge in [0.25, 0.3) is 5.91 Å². The number of carbonyl (C=O) groups excluding carboxylic acids is 1. The summed E-state index contributed by atoms with van der Waals surface area (Å²) in [6.45, 7) is 11.4. The van der Waals surface area contributed by atoms with Crippen LogP contribution in [0.25, 0.3) is 0 Å². The van der Waals surface area contributed by atoms with Gasteiger partial charge in [0.2, 0.25) is 0 Å². The highest BCUT2D eigenvalue weighted by Gasteiger charge is 2.59. The normalized spacial score (nSPS) is 24.0. The van der Waals surface area contributed by atoms with Gasteiger partial charge in [-0.1, -0.05) is 44.0 Å². The Morgan fingerprint density at radius 1 is 1.14 bits per heavy atom. The zero-order valence-corrected chi connectivity index (χ0v) is 19.5. The van der Waals surface area contributed by atoms with Gasteiger partial charge in [0.15, 0.2) is 0 Å². The lowest BCUT2D eigenvalue weighted by molar-refractivity contribution is 0.0670. The SMILES string of the molecule is CC(C)(C)CCN1CCC2(CC1)CC2N(CC1CC1)C(=O)c1cc(Cl)cc(Cl)c1. The molecule has 1 aliphatic heterocycles. The molecule has 1 atom stereocenters. The molecule has 1 heterocycles. The topological polar surface area (TPSA) is 23.6 Å². The lowest BCUT2D eigenvalue weighted by Gasteiger charge is -2.36. The molecule has 0 radical (unpaired) electrons. The van der Waals surface area contributed by atoms with Crippen LogP contribution in [0.15, 0.2) is 18.2 Å². The van der Waals surface area contributed by atoms with E-state index < -0.39 is 0 Å². The van der Waals surface area contributed by atoms with Crippen LogP contribution in [0.3, 0.4) is 0 Å². The highest BCUT2D eigenvalue weighted by atomic mass is 35.5. The third-order valence-corrected chi connectivity index (χ3v) is 7.51. The Balaban J connectivity index is 1.41. The maximum Gasteiger partial charge on any atom is 0.254 e. The van der Waals surface area contributed by atoms with Crippen molar-refractivity contribution in [3.8, 4) is 0 Å². The summed E-state index contributed by atoms with van der Waals surface area (Å²) in [6.07, 6.45) is 7.33. The summed E-state index contributed by atoms with van der Waals surface area (Å²) in [6, 6.07) is 5.61. The molecule has 1 amide bonds. The molecule has 4 rings (SSSR count). The van der Waals surface area contributed by atoms with Crippen LogP contribution in [0.5, 0.6) is 0 Å². The maximum atomic E-state index is 13.4. The molecule has 0 bridgehead atoms. The number of piperidine rings is 1. The Morgan fingerprint density at radius 3 is 2.31 bits per heavy atom. The fourth-order valence-corrected chi connectivity index (χ4v) is 5.32. The van der Waals surface area contributed by atoms with Gasteiger partial charge in [0, 0.05) is 28.2 Å². The summed E-state index contributed by atoms with van der Waals surface area (Å²) in [5.74, 6) is 0.788. The number of hydrogen-bond acceptors (Lipinski definition) is 2. The monoisotopic (exact) mass is 436 g/mol. The predicted octanol–water partition coefficient (Wildman–Crippen LogP) is 6.14. The van der Waals surface area contributed by atoms with Gasteiger partial charge in [0.05, 0.1) is 0 Å². The lowest BCUT2D eigenvalue weighted by atomic mass is 9.89. The van der Waals surface area contributed by atoms with Crippen molar-refractivity contribution in [2.45, 2.75) is 65.3 Å². The van der Waals surface area contributed by atoms with Gasteiger partial charge in [-0.2, -0.15) is 0 Å². The molecule has 1 spiro atoms. The molecule has 3 aliphatic rings. The van der Waals surface area contributed by atoms with Gasteiger partial charge in [-0.3, -0.25) is 4.79 Å². The second-order valence-electron chi connectivity index (χ2n) is 10.8. The molecule has 0 N–H and O–H groups in total. The first-order valence-corrected chi connectivity index (χ1v) is 11.9. The first-order chi connectivity index (χ1) is 13.7. The summed E-state index contributed by atoms with van der Waals surface area (Å²) >= 11 is 12.3. The van der Waals surface area contributed by atoms with Crippen molar-refractivity contribution in [2.75, 3.05) is 26.2 Å². The van der Waals surface area contributed by atoms with E-state index in [-0.39, 0.29) is 5.91 Å². The van der Waals surface area contributed by atoms with Crippen molar-refractivity contribution in [1.29, 1.82) is 0 Å². The van der Waals surface area contributed by atoms with Crippen molar-refractivity contribution >= 4 is 29.1 Å². The summed E-state index contributed by atoms with van der Waals surface area (Å²) in [7, 11) is 0. The zero-order valence-electron chi connectivity index (χ0n) is 18.0. The molecule has 1 unspecified atom stereocenters. The Bertz CT molecular complexity index is 740. The molecule has 3 nitrogen and oxygen atoms in total. The van der Waals surface area contributed by atoms with Crippen LogP contribution in [-0.4, -0.2) is 47.9 Å². The van der Waals surface area contributed by atoms with E-state index in [2.05, 4.69) is 30.6 Å². The third kappa shape index (κ3) is 5.29. The second-order valence-corrected chi connectivity index (χ2v) is 11.7. The van der Waals surface area contributed by atoms with Crippen LogP contribution in [0.2, 0.25) is 10.0 Å². The lowest BCUT2D eigenvalue weighted by Crippen LogP contribution is -2.42. The number of hydrogen-bond donors (Lipinski definition) is 0. The van der Waals surface area contributed by atoms with Crippen LogP contribution in [-0.2, 0) is 0 Å². The molecular weight excluding hydrogens is 403 g/mol. The van der Waals surface area contributed by atoms with E-state index in [1.807, 2.05) is 0 Å². The van der Waals surface area contributed by atoms with Gasteiger partial charge >= 0.3 is 0 Å². The molecule has 160 valence electrons. The highest BCUT2D eigenvalue weighted by molar-refractivity contribution is 6.35. The molecule has 0 aromatic heterocycles. The average molecular weight is 437 g/mol. The Hall–Kier alpha value is -0.770. The van der Waals surface area contributed by atoms with Crippen molar-refractivity contribution in [2.24, 2.45) is 16.7 Å². The number of nitrogens with zero attached hydrogens (tertiary/aromatic N) is 2. The number of carbonyl (C=O) groups is 1. The molecule has 1 aromatic rings. The number of halogens is 2. The molecule has 1 saturated heterocycles. The van der Waals surface area contributed by atoms with E-state index >= 15 is 0 Å². The van der Waals surface area contributed by atoms with E-state index in [4.69, 9.17) is 23.2 Å². The second kappa shape index (κ2) is 8.05. The minimum Gasteiger partial charge on any atom is -0.335 e. The number of amides is 1. The van der Waals surface area contributed by atoms with Gasteiger partial charge in [-0.05, 0) is 93.1 Å². The molecule has 2 saturated carbocycles. The van der Waals surface area contributed by atoms with Crippen LogP contribution < -0.4 is 0 Å². The highest BCUT2D eigenvalue weighted by Crippen LogP contribution is 2.57. The van der Waals surface area contributed by atoms with E-state index in [0.717, 1.165) is 13.0 Å². The summed E-state index contributed by atoms with van der Waals surface area (Å²) in [5, 5.41) is 1.06. The fourth-order valence-electron chi connectivity index (χ4n) is 4.79. The zero-order chi connectivity index (χ0) is 20.8. The van der Waals surface area contributed by atoms with E-state index in [9.17, 15) is 4.79 Å². The standard InChI is InChI=1S/C24H34Cl2N2O/c1-23(2,3)6-9-27-10-7-24(8-11-27)15-21(24)28(16-17-4-5-17)22(29)18-12-19(25)14-20(26)13-18/h12-14,17,21H,4-11,15-16H2,1-3H3. The molecule has 2 aliphatic carbocycles. The first-order valence-electron chi connectivity index (χ1n) is 11.1. The van der Waals surface area contributed by atoms with E-state index in [1.165, 1.54) is 51.7 Å². The first kappa shape index (κ1) is 21.5. The summed E-state index contributed by atoms with van der Waals surface area (Å²) in [5.41, 5.74) is 1.36. The third-order valence-electron chi connectivity index (χ3n) is 7.07. The summed E-state index contributed by atoms with van der Waals surface area (Å²) < 4.78 is 0. The smallest absolute Gasteiger partial charge is 0.254 e. The van der Waals surface area contributed by atoms with Gasteiger partial charge < -0.3 is 9.80 Å². The van der Waals surface area contributed by atoms with Crippen molar-refractivity contribution < 1.29 is 4.79 Å². The molecule has 29 heavy (non-hydrogen) atoms. The molecule has 1 aromatic carbocycles. The predicted molar refractivity (Wildman–Crippen MR) is 121 cm³/mol. The van der Waals surface area contributed by atoms with E-state index in [0.29, 0.717) is 38.4 Å². The summed E-state index contributed by atoms with van der Waals surface area (Å²) in [4.78, 5) is 18.2. The van der Waals surface area contributed by atoms with Crippen molar-refractivity contribution in [1.82, 2.24) is 9.80 Å². The fraction of sp³-hybridized carbons (Fsp3) is 0.708. The number of likely N-dealkylation sites (tertiary alicyclic amines) is 1. The maximum absolute atomic E-state index is 13.4. The van der Waals surface area contributed by atoms with Crippen LogP contribution >= 0.6 is 23.2 Å². The van der Waals surface area contributed by atoms with Gasteiger partial charge in [0.1, 0.15) is 0 Å². The Kier molecular flexibility index (Phi) is 5.96. The Morgan fingerprint density at radius 2 is 1.76 bits per heavy atom. The van der Waals surface area contributed by atoms with Crippen molar-refractivity contribution in [3.05, 3.63) is 33.8 Å². The minimum absolute atomic E-state index is 0.110. The average Bonchev–Trinajstić information content (AvgIpc) is 3.55. The largest absolute Gasteiger partial charge is 0.335 e. The van der Waals surface area contributed by atoms with Crippen LogP contribution in [0.1, 0.15) is 69.7 Å². The molecular formula is C24H34Cl2N2O. The quantitative estimate of drug-likeness (QED) is 0.534. The van der Waals surface area contributed by atoms with E-state index in [1.54, 1.807) is 18.2 Å². The minimum atomic E-state index is 0.110. The molecule has 5 heteroatoms. The molecule has 3 fully saturated rings. The number of rotatable bonds is 6.